The van der Waals surface area contributed by atoms with E-state index in [-0.39, 0.29) is 17.5 Å². The molecule has 1 unspecified atom stereocenters. The highest BCUT2D eigenvalue weighted by atomic mass is 16.5. The number of benzene rings is 2. The van der Waals surface area contributed by atoms with Crippen molar-refractivity contribution in [2.24, 2.45) is 0 Å². The first kappa shape index (κ1) is 19.8. The number of phenols is 1. The zero-order valence-electron chi connectivity index (χ0n) is 15.6. The van der Waals surface area contributed by atoms with Gasteiger partial charge in [-0.3, -0.25) is 0 Å². The van der Waals surface area contributed by atoms with E-state index in [1.807, 2.05) is 38.9 Å². The van der Waals surface area contributed by atoms with Gasteiger partial charge in [0.2, 0.25) is 0 Å². The average Bonchev–Trinajstić information content (AvgIpc) is 2.61. The normalized spacial score (nSPS) is 12.1. The molecule has 2 rings (SSSR count). The Labute approximate surface area is 154 Å². The van der Waals surface area contributed by atoms with Gasteiger partial charge in [-0.25, -0.2) is 4.79 Å². The van der Waals surface area contributed by atoms with Crippen LogP contribution in [0.5, 0.6) is 11.5 Å². The summed E-state index contributed by atoms with van der Waals surface area (Å²) in [6.45, 7) is 4.34. The Morgan fingerprint density at radius 2 is 1.92 bits per heavy atom. The van der Waals surface area contributed by atoms with E-state index in [1.54, 1.807) is 24.3 Å². The maximum Gasteiger partial charge on any atom is 0.343 e. The lowest BCUT2D eigenvalue weighted by molar-refractivity contribution is 0.0729. The van der Waals surface area contributed by atoms with Gasteiger partial charge in [0.15, 0.2) is 11.5 Å². The van der Waals surface area contributed by atoms with Crippen LogP contribution < -0.4 is 15.0 Å². The molecule has 0 radical (unpaired) electrons. The monoisotopic (exact) mass is 358 g/mol. The Hall–Kier alpha value is -2.57. The molecule has 0 spiro atoms. The summed E-state index contributed by atoms with van der Waals surface area (Å²) < 4.78 is 5.29. The number of carbonyl (C=O) groups excluding carboxylic acids is 1. The van der Waals surface area contributed by atoms with Crippen molar-refractivity contribution in [1.82, 2.24) is 5.32 Å². The van der Waals surface area contributed by atoms with E-state index in [1.165, 1.54) is 12.1 Å². The zero-order valence-corrected chi connectivity index (χ0v) is 15.6. The van der Waals surface area contributed by atoms with Crippen LogP contribution >= 0.6 is 0 Å². The standard InChI is InChI=1S/C20H26N2O4/c1-13(2)21-12-18(24)14-8-9-19(17(23)11-14)26-20(25)15-6-5-7-16(10-15)22(3)4/h5-11,13,18,21,23-24H,12H2,1-4H3. The second kappa shape index (κ2) is 8.69. The minimum atomic E-state index is -0.759. The average molecular weight is 358 g/mol. The van der Waals surface area contributed by atoms with Crippen molar-refractivity contribution < 1.29 is 19.7 Å². The second-order valence-electron chi connectivity index (χ2n) is 6.64. The number of rotatable bonds is 7. The highest BCUT2D eigenvalue weighted by Gasteiger charge is 2.15. The van der Waals surface area contributed by atoms with Gasteiger partial charge < -0.3 is 25.2 Å². The summed E-state index contributed by atoms with van der Waals surface area (Å²) in [5.41, 5.74) is 1.81. The summed E-state index contributed by atoms with van der Waals surface area (Å²) in [5.74, 6) is -0.694. The summed E-state index contributed by atoms with van der Waals surface area (Å²) in [7, 11) is 3.77. The molecule has 0 heterocycles. The third-order valence-corrected chi connectivity index (χ3v) is 3.89. The molecule has 2 aromatic carbocycles. The zero-order chi connectivity index (χ0) is 19.3. The van der Waals surface area contributed by atoms with Crippen molar-refractivity contribution in [3.05, 3.63) is 53.6 Å². The Balaban J connectivity index is 2.10. The minimum absolute atomic E-state index is 0.0537. The number of aromatic hydroxyl groups is 1. The Kier molecular flexibility index (Phi) is 6.60. The third-order valence-electron chi connectivity index (χ3n) is 3.89. The first-order valence-corrected chi connectivity index (χ1v) is 8.52. The molecule has 0 saturated heterocycles. The van der Waals surface area contributed by atoms with Gasteiger partial charge in [-0.05, 0) is 35.9 Å². The van der Waals surface area contributed by atoms with Crippen molar-refractivity contribution in [1.29, 1.82) is 0 Å². The fourth-order valence-corrected chi connectivity index (χ4v) is 2.36. The number of nitrogens with zero attached hydrogens (tertiary/aromatic N) is 1. The Morgan fingerprint density at radius 3 is 2.54 bits per heavy atom. The van der Waals surface area contributed by atoms with Crippen molar-refractivity contribution in [2.75, 3.05) is 25.5 Å². The summed E-state index contributed by atoms with van der Waals surface area (Å²) in [5, 5.41) is 23.4. The smallest absolute Gasteiger partial charge is 0.343 e. The first-order valence-electron chi connectivity index (χ1n) is 8.52. The number of phenolic OH excluding ortho intramolecular Hbond substituents is 1. The molecule has 0 saturated carbocycles. The SMILES string of the molecule is CC(C)NCC(O)c1ccc(OC(=O)c2cccc(N(C)C)c2)c(O)c1. The number of hydrogen-bond acceptors (Lipinski definition) is 6. The molecule has 0 aliphatic rings. The van der Waals surface area contributed by atoms with Gasteiger partial charge >= 0.3 is 5.97 Å². The molecule has 0 aromatic heterocycles. The molecule has 0 aliphatic carbocycles. The maximum absolute atomic E-state index is 12.3. The van der Waals surface area contributed by atoms with Crippen LogP contribution in [0.2, 0.25) is 0 Å². The number of ether oxygens (including phenoxy) is 1. The molecule has 0 bridgehead atoms. The lowest BCUT2D eigenvalue weighted by Crippen LogP contribution is -2.27. The molecule has 1 atom stereocenters. The molecule has 6 nitrogen and oxygen atoms in total. The Morgan fingerprint density at radius 1 is 1.19 bits per heavy atom. The molecular weight excluding hydrogens is 332 g/mol. The number of hydrogen-bond donors (Lipinski definition) is 3. The number of carbonyl (C=O) groups is 1. The van der Waals surface area contributed by atoms with E-state index >= 15 is 0 Å². The largest absolute Gasteiger partial charge is 0.504 e. The third kappa shape index (κ3) is 5.21. The van der Waals surface area contributed by atoms with Gasteiger partial charge in [-0.15, -0.1) is 0 Å². The van der Waals surface area contributed by atoms with Crippen molar-refractivity contribution in [3.63, 3.8) is 0 Å². The van der Waals surface area contributed by atoms with Gasteiger partial charge in [0.05, 0.1) is 11.7 Å². The first-order chi connectivity index (χ1) is 12.3. The van der Waals surface area contributed by atoms with E-state index in [4.69, 9.17) is 4.74 Å². The van der Waals surface area contributed by atoms with Gasteiger partial charge in [0.25, 0.3) is 0 Å². The predicted octanol–water partition coefficient (Wildman–Crippen LogP) is 2.71. The molecule has 26 heavy (non-hydrogen) atoms. The maximum atomic E-state index is 12.3. The van der Waals surface area contributed by atoms with E-state index in [0.717, 1.165) is 5.69 Å². The Bertz CT molecular complexity index is 759. The fraction of sp³-hybridized carbons (Fsp3) is 0.350. The minimum Gasteiger partial charge on any atom is -0.504 e. The molecule has 2 aromatic rings. The highest BCUT2D eigenvalue weighted by molar-refractivity contribution is 5.92. The lowest BCUT2D eigenvalue weighted by Gasteiger charge is -2.16. The lowest BCUT2D eigenvalue weighted by atomic mass is 10.1. The van der Waals surface area contributed by atoms with Crippen molar-refractivity contribution in [3.8, 4) is 11.5 Å². The second-order valence-corrected chi connectivity index (χ2v) is 6.64. The molecule has 140 valence electrons. The summed E-state index contributed by atoms with van der Waals surface area (Å²) in [6.07, 6.45) is -0.759. The number of nitrogens with one attached hydrogen (secondary N) is 1. The molecule has 3 N–H and O–H groups in total. The van der Waals surface area contributed by atoms with Crippen LogP contribution in [0.15, 0.2) is 42.5 Å². The van der Waals surface area contributed by atoms with E-state index in [2.05, 4.69) is 5.32 Å². The van der Waals surface area contributed by atoms with E-state index in [0.29, 0.717) is 17.7 Å². The number of aliphatic hydroxyl groups excluding tert-OH is 1. The van der Waals surface area contributed by atoms with Crippen LogP contribution in [0.1, 0.15) is 35.9 Å². The van der Waals surface area contributed by atoms with Crippen LogP contribution in [0, 0.1) is 0 Å². The summed E-state index contributed by atoms with van der Waals surface area (Å²) in [6, 6.07) is 11.8. The van der Waals surface area contributed by atoms with Crippen LogP contribution in [-0.4, -0.2) is 42.9 Å². The van der Waals surface area contributed by atoms with Gasteiger partial charge in [0.1, 0.15) is 0 Å². The molecule has 0 aliphatic heterocycles. The number of esters is 1. The molecule has 0 fully saturated rings. The van der Waals surface area contributed by atoms with Crippen LogP contribution in [0.3, 0.4) is 0 Å². The van der Waals surface area contributed by atoms with Crippen LogP contribution in [-0.2, 0) is 0 Å². The van der Waals surface area contributed by atoms with Gasteiger partial charge in [-0.2, -0.15) is 0 Å². The number of aliphatic hydroxyl groups is 1. The van der Waals surface area contributed by atoms with Crippen LogP contribution in [0.4, 0.5) is 5.69 Å². The van der Waals surface area contributed by atoms with Gasteiger partial charge in [-0.1, -0.05) is 26.0 Å². The van der Waals surface area contributed by atoms with Crippen molar-refractivity contribution >= 4 is 11.7 Å². The number of anilines is 1. The predicted molar refractivity (Wildman–Crippen MR) is 102 cm³/mol. The van der Waals surface area contributed by atoms with Crippen LogP contribution in [0.25, 0.3) is 0 Å². The van der Waals surface area contributed by atoms with Crippen molar-refractivity contribution in [2.45, 2.75) is 26.0 Å². The molecule has 0 amide bonds. The fourth-order valence-electron chi connectivity index (χ4n) is 2.36. The topological polar surface area (TPSA) is 82.0 Å². The van der Waals surface area contributed by atoms with Gasteiger partial charge in [0, 0.05) is 32.4 Å². The summed E-state index contributed by atoms with van der Waals surface area (Å²) in [4.78, 5) is 14.2. The molecule has 6 heteroatoms. The quantitative estimate of drug-likeness (QED) is 0.521. The van der Waals surface area contributed by atoms with E-state index in [9.17, 15) is 15.0 Å². The van der Waals surface area contributed by atoms with E-state index < -0.39 is 12.1 Å². The molecular formula is C20H26N2O4. The highest BCUT2D eigenvalue weighted by Crippen LogP contribution is 2.30. The summed E-state index contributed by atoms with van der Waals surface area (Å²) >= 11 is 0.